The maximum Gasteiger partial charge on any atom is 0.416 e. The summed E-state index contributed by atoms with van der Waals surface area (Å²) in [6, 6.07) is 12.0. The van der Waals surface area contributed by atoms with Gasteiger partial charge in [0.15, 0.2) is 0 Å². The van der Waals surface area contributed by atoms with Crippen molar-refractivity contribution in [1.29, 1.82) is 0 Å². The summed E-state index contributed by atoms with van der Waals surface area (Å²) in [6.07, 6.45) is -3.08. The lowest BCUT2D eigenvalue weighted by molar-refractivity contribution is -0.137. The predicted molar refractivity (Wildman–Crippen MR) is 127 cm³/mol. The maximum atomic E-state index is 13.5. The smallest absolute Gasteiger partial charge is 0.416 e. The van der Waals surface area contributed by atoms with Crippen molar-refractivity contribution in [2.75, 3.05) is 12.0 Å². The number of rotatable bonds is 4. The minimum atomic E-state index is -4.60. The normalized spacial score (nSPS) is 15.3. The number of hydrogen-bond donors (Lipinski definition) is 0. The number of allylic oxidation sites excluding steroid dienone is 1. The first kappa shape index (κ1) is 25.0. The van der Waals surface area contributed by atoms with Crippen LogP contribution in [0.25, 0.3) is 11.8 Å². The standard InChI is InChI=1S/C27H22F4N2O3/c1-15-12-18(16(2)32(15)21-10-8-20(28)9-11-21)13-23-24(26(35)36-4)17(3)33(25(23)34)22-7-5-6-19(14-22)27(29,30)31/h5-14H,1-4H3/b23-13-. The van der Waals surface area contributed by atoms with Crippen molar-refractivity contribution in [1.82, 2.24) is 4.57 Å². The summed E-state index contributed by atoms with van der Waals surface area (Å²) in [6.45, 7) is 5.13. The van der Waals surface area contributed by atoms with E-state index in [9.17, 15) is 27.2 Å². The first-order valence-electron chi connectivity index (χ1n) is 10.9. The number of amides is 1. The molecule has 0 fully saturated rings. The molecule has 9 heteroatoms. The van der Waals surface area contributed by atoms with Gasteiger partial charge in [0.05, 0.1) is 23.8 Å². The van der Waals surface area contributed by atoms with E-state index in [1.807, 2.05) is 11.5 Å². The van der Waals surface area contributed by atoms with Gasteiger partial charge in [-0.25, -0.2) is 9.18 Å². The molecule has 1 aliphatic heterocycles. The van der Waals surface area contributed by atoms with Crippen LogP contribution in [0.15, 0.2) is 71.4 Å². The van der Waals surface area contributed by atoms with Crippen LogP contribution in [0.4, 0.5) is 23.2 Å². The van der Waals surface area contributed by atoms with Crippen LogP contribution >= 0.6 is 0 Å². The molecule has 0 saturated heterocycles. The molecule has 1 aromatic heterocycles. The van der Waals surface area contributed by atoms with E-state index < -0.39 is 23.6 Å². The summed E-state index contributed by atoms with van der Waals surface area (Å²) in [7, 11) is 1.16. The van der Waals surface area contributed by atoms with E-state index >= 15 is 0 Å². The Bertz CT molecular complexity index is 1430. The summed E-state index contributed by atoms with van der Waals surface area (Å²) in [4.78, 5) is 27.2. The molecule has 0 atom stereocenters. The number of hydrogen-bond acceptors (Lipinski definition) is 3. The van der Waals surface area contributed by atoms with Gasteiger partial charge in [-0.2, -0.15) is 13.2 Å². The van der Waals surface area contributed by atoms with E-state index in [-0.39, 0.29) is 28.3 Å². The molecule has 0 spiro atoms. The number of carbonyl (C=O) groups excluding carboxylic acids is 2. The van der Waals surface area contributed by atoms with Gasteiger partial charge in [-0.15, -0.1) is 0 Å². The predicted octanol–water partition coefficient (Wildman–Crippen LogP) is 6.13. The third kappa shape index (κ3) is 4.32. The Morgan fingerprint density at radius 2 is 1.64 bits per heavy atom. The Labute approximate surface area is 204 Å². The molecule has 0 aliphatic carbocycles. The number of nitrogens with zero attached hydrogens (tertiary/aromatic N) is 2. The molecular weight excluding hydrogens is 476 g/mol. The molecule has 0 unspecified atom stereocenters. The molecule has 1 amide bonds. The second-order valence-electron chi connectivity index (χ2n) is 8.34. The van der Waals surface area contributed by atoms with Gasteiger partial charge in [-0.1, -0.05) is 6.07 Å². The zero-order valence-electron chi connectivity index (χ0n) is 19.9. The highest BCUT2D eigenvalue weighted by atomic mass is 19.4. The highest BCUT2D eigenvalue weighted by Gasteiger charge is 2.39. The number of alkyl halides is 3. The van der Waals surface area contributed by atoms with Crippen molar-refractivity contribution in [3.05, 3.63) is 99.8 Å². The topological polar surface area (TPSA) is 51.5 Å². The molecule has 1 aliphatic rings. The lowest BCUT2D eigenvalue weighted by atomic mass is 10.0. The lowest BCUT2D eigenvalue weighted by Crippen LogP contribution is -2.25. The molecule has 2 heterocycles. The zero-order valence-corrected chi connectivity index (χ0v) is 19.9. The molecule has 4 rings (SSSR count). The summed E-state index contributed by atoms with van der Waals surface area (Å²) >= 11 is 0. The van der Waals surface area contributed by atoms with Gasteiger partial charge >= 0.3 is 12.1 Å². The molecular formula is C27H22F4N2O3. The number of anilines is 1. The van der Waals surface area contributed by atoms with Crippen LogP contribution in [0.1, 0.15) is 29.4 Å². The van der Waals surface area contributed by atoms with E-state index in [0.29, 0.717) is 11.3 Å². The minimum absolute atomic E-state index is 0.00359. The number of aryl methyl sites for hydroxylation is 1. The van der Waals surface area contributed by atoms with Crippen LogP contribution in [0, 0.1) is 19.7 Å². The van der Waals surface area contributed by atoms with Gasteiger partial charge in [0.25, 0.3) is 5.91 Å². The maximum absolute atomic E-state index is 13.5. The van der Waals surface area contributed by atoms with Crippen LogP contribution in [-0.2, 0) is 20.5 Å². The second-order valence-corrected chi connectivity index (χ2v) is 8.34. The third-order valence-corrected chi connectivity index (χ3v) is 6.08. The Balaban J connectivity index is 1.84. The monoisotopic (exact) mass is 498 g/mol. The Kier molecular flexibility index (Phi) is 6.34. The van der Waals surface area contributed by atoms with Crippen LogP contribution in [0.2, 0.25) is 0 Å². The number of carbonyl (C=O) groups is 2. The molecule has 186 valence electrons. The zero-order chi connectivity index (χ0) is 26.4. The van der Waals surface area contributed by atoms with Crippen molar-refractivity contribution in [2.24, 2.45) is 0 Å². The molecule has 3 aromatic rings. The second kappa shape index (κ2) is 9.14. The number of ether oxygens (including phenoxy) is 1. The molecule has 36 heavy (non-hydrogen) atoms. The largest absolute Gasteiger partial charge is 0.465 e. The van der Waals surface area contributed by atoms with Gasteiger partial charge in [-0.05, 0) is 80.9 Å². The summed E-state index contributed by atoms with van der Waals surface area (Å²) in [5.41, 5.74) is 2.02. The van der Waals surface area contributed by atoms with Gasteiger partial charge < -0.3 is 9.30 Å². The molecule has 0 N–H and O–H groups in total. The molecule has 0 radical (unpaired) electrons. The van der Waals surface area contributed by atoms with Gasteiger partial charge in [-0.3, -0.25) is 9.69 Å². The Morgan fingerprint density at radius 3 is 2.25 bits per heavy atom. The van der Waals surface area contributed by atoms with Crippen LogP contribution in [0.5, 0.6) is 0 Å². The molecule has 0 bridgehead atoms. The molecule has 5 nitrogen and oxygen atoms in total. The summed E-state index contributed by atoms with van der Waals surface area (Å²) in [5.74, 6) is -1.81. The van der Waals surface area contributed by atoms with E-state index in [4.69, 9.17) is 4.74 Å². The SMILES string of the molecule is COC(=O)C1=C(C)N(c2cccc(C(F)(F)F)c2)C(=O)/C1=C\c1cc(C)n(-c2ccc(F)cc2)c1C. The Morgan fingerprint density at radius 1 is 0.972 bits per heavy atom. The van der Waals surface area contributed by atoms with Gasteiger partial charge in [0.1, 0.15) is 5.82 Å². The van der Waals surface area contributed by atoms with E-state index in [0.717, 1.165) is 35.5 Å². The van der Waals surface area contributed by atoms with E-state index in [1.165, 1.54) is 37.3 Å². The van der Waals surface area contributed by atoms with Gasteiger partial charge in [0, 0.05) is 28.5 Å². The highest BCUT2D eigenvalue weighted by molar-refractivity contribution is 6.23. The van der Waals surface area contributed by atoms with Gasteiger partial charge in [0.2, 0.25) is 0 Å². The van der Waals surface area contributed by atoms with Crippen LogP contribution < -0.4 is 4.90 Å². The first-order chi connectivity index (χ1) is 16.9. The third-order valence-electron chi connectivity index (χ3n) is 6.08. The van der Waals surface area contributed by atoms with Crippen molar-refractivity contribution in [2.45, 2.75) is 26.9 Å². The first-order valence-corrected chi connectivity index (χ1v) is 10.9. The van der Waals surface area contributed by atoms with E-state index in [1.54, 1.807) is 25.1 Å². The van der Waals surface area contributed by atoms with Crippen LogP contribution in [0.3, 0.4) is 0 Å². The fourth-order valence-corrected chi connectivity index (χ4v) is 4.39. The number of methoxy groups -OCH3 is 1. The Hall–Kier alpha value is -4.14. The number of benzene rings is 2. The van der Waals surface area contributed by atoms with Crippen molar-refractivity contribution in [3.63, 3.8) is 0 Å². The molecule has 2 aromatic carbocycles. The lowest BCUT2D eigenvalue weighted by Gasteiger charge is -2.19. The number of esters is 1. The average molecular weight is 498 g/mol. The van der Waals surface area contributed by atoms with Crippen molar-refractivity contribution < 1.29 is 31.9 Å². The average Bonchev–Trinajstić information content (AvgIpc) is 3.24. The van der Waals surface area contributed by atoms with E-state index in [2.05, 4.69) is 0 Å². The minimum Gasteiger partial charge on any atom is -0.465 e. The highest BCUT2D eigenvalue weighted by Crippen LogP contribution is 2.38. The summed E-state index contributed by atoms with van der Waals surface area (Å²) < 4.78 is 60.0. The summed E-state index contributed by atoms with van der Waals surface area (Å²) in [5, 5.41) is 0. The quantitative estimate of drug-likeness (QED) is 0.247. The molecule has 0 saturated carbocycles. The van der Waals surface area contributed by atoms with Crippen molar-refractivity contribution >= 4 is 23.6 Å². The van der Waals surface area contributed by atoms with Crippen molar-refractivity contribution in [3.8, 4) is 5.69 Å². The number of halogens is 4. The fraction of sp³-hybridized carbons (Fsp3) is 0.185. The number of aromatic nitrogens is 1. The fourth-order valence-electron chi connectivity index (χ4n) is 4.39. The van der Waals surface area contributed by atoms with Crippen LogP contribution in [-0.4, -0.2) is 23.6 Å².